The van der Waals surface area contributed by atoms with Crippen molar-refractivity contribution in [2.75, 3.05) is 6.26 Å². The van der Waals surface area contributed by atoms with Crippen molar-refractivity contribution >= 4 is 27.0 Å². The summed E-state index contributed by atoms with van der Waals surface area (Å²) in [7, 11) is -3.25. The molecule has 0 amide bonds. The maximum atomic E-state index is 11.8. The van der Waals surface area contributed by atoms with E-state index in [0.717, 1.165) is 28.1 Å². The van der Waals surface area contributed by atoms with Gasteiger partial charge in [0.15, 0.2) is 9.84 Å². The van der Waals surface area contributed by atoms with Crippen molar-refractivity contribution in [3.8, 4) is 11.3 Å². The Balaban J connectivity index is 2.13. The van der Waals surface area contributed by atoms with Crippen molar-refractivity contribution in [2.45, 2.75) is 13.3 Å². The van der Waals surface area contributed by atoms with Crippen molar-refractivity contribution in [1.29, 1.82) is 0 Å². The Morgan fingerprint density at radius 1 is 1.12 bits per heavy atom. The average molecular weight is 373 g/mol. The van der Waals surface area contributed by atoms with Gasteiger partial charge in [-0.05, 0) is 49.3 Å². The van der Waals surface area contributed by atoms with Gasteiger partial charge < -0.3 is 0 Å². The largest absolute Gasteiger partial charge is 0.261 e. The minimum atomic E-state index is -3.25. The molecular formula is C19H17ClN2O2S. The molecule has 1 aliphatic carbocycles. The molecule has 6 heteroatoms. The van der Waals surface area contributed by atoms with E-state index in [2.05, 4.69) is 9.97 Å². The fourth-order valence-electron chi connectivity index (χ4n) is 2.58. The van der Waals surface area contributed by atoms with Crippen LogP contribution in [-0.4, -0.2) is 24.6 Å². The lowest BCUT2D eigenvalue weighted by Crippen LogP contribution is -1.97. The van der Waals surface area contributed by atoms with Crippen molar-refractivity contribution < 1.29 is 8.42 Å². The summed E-state index contributed by atoms with van der Waals surface area (Å²) in [4.78, 5) is 9.09. The number of hydrogen-bond acceptors (Lipinski definition) is 4. The van der Waals surface area contributed by atoms with Gasteiger partial charge in [-0.25, -0.2) is 8.42 Å². The number of rotatable bonds is 3. The molecule has 0 unspecified atom stereocenters. The Labute approximate surface area is 152 Å². The molecule has 0 aliphatic heterocycles. The molecule has 0 radical (unpaired) electrons. The molecule has 128 valence electrons. The van der Waals surface area contributed by atoms with Crippen LogP contribution in [0.25, 0.3) is 16.8 Å². The van der Waals surface area contributed by atoms with Gasteiger partial charge in [0, 0.05) is 35.5 Å². The van der Waals surface area contributed by atoms with Gasteiger partial charge in [-0.1, -0.05) is 23.8 Å². The van der Waals surface area contributed by atoms with E-state index < -0.39 is 9.84 Å². The maximum Gasteiger partial charge on any atom is 0.175 e. The van der Waals surface area contributed by atoms with Crippen LogP contribution in [-0.2, 0) is 9.84 Å². The van der Waals surface area contributed by atoms with Gasteiger partial charge in [0.25, 0.3) is 0 Å². The number of hydrogen-bond donors (Lipinski definition) is 0. The molecule has 2 aromatic heterocycles. The van der Waals surface area contributed by atoms with Crippen LogP contribution < -0.4 is 0 Å². The molecule has 0 fully saturated rings. The molecule has 25 heavy (non-hydrogen) atoms. The van der Waals surface area contributed by atoms with Crippen LogP contribution in [0, 0.1) is 6.92 Å². The minimum Gasteiger partial charge on any atom is -0.261 e. The van der Waals surface area contributed by atoms with Crippen LogP contribution in [0.5, 0.6) is 0 Å². The molecule has 4 nitrogen and oxygen atoms in total. The lowest BCUT2D eigenvalue weighted by molar-refractivity contribution is 0.608. The molecule has 3 rings (SSSR count). The lowest BCUT2D eigenvalue weighted by atomic mass is 9.97. The number of sulfone groups is 1. The molecule has 0 aromatic carbocycles. The zero-order valence-electron chi connectivity index (χ0n) is 13.9. The van der Waals surface area contributed by atoms with Gasteiger partial charge in [0.05, 0.1) is 15.6 Å². The number of halogens is 1. The summed E-state index contributed by atoms with van der Waals surface area (Å²) in [5.74, 6) is 0. The average Bonchev–Trinajstić information content (AvgIpc) is 2.82. The molecule has 2 aromatic rings. The third-order valence-electron chi connectivity index (χ3n) is 3.88. The first-order chi connectivity index (χ1) is 11.8. The summed E-state index contributed by atoms with van der Waals surface area (Å²) >= 11 is 6.16. The molecule has 0 N–H and O–H groups in total. The molecule has 0 bridgehead atoms. The van der Waals surface area contributed by atoms with Crippen LogP contribution >= 0.6 is 11.6 Å². The summed E-state index contributed by atoms with van der Waals surface area (Å²) in [5.41, 5.74) is 4.40. The van der Waals surface area contributed by atoms with Crippen molar-refractivity contribution in [1.82, 2.24) is 9.97 Å². The third-order valence-corrected chi connectivity index (χ3v) is 5.22. The summed E-state index contributed by atoms with van der Waals surface area (Å²) in [6, 6.07) is 5.74. The SMILES string of the molecule is Cc1ccc(-c2ncc(Cl)cc2C2=CC=C(S(C)(=O)=O)C=CC2)cn1. The molecule has 0 saturated carbocycles. The monoisotopic (exact) mass is 372 g/mol. The van der Waals surface area contributed by atoms with Crippen LogP contribution in [0.4, 0.5) is 0 Å². The standard InChI is InChI=1S/C19H17ClN2O2S/c1-13-6-7-15(11-21-13)19-18(10-16(20)12-22-19)14-4-3-5-17(9-8-14)25(2,23)24/h3,5-12H,4H2,1-2H3. The van der Waals surface area contributed by atoms with Crippen molar-refractivity contribution in [3.63, 3.8) is 0 Å². The van der Waals surface area contributed by atoms with Gasteiger partial charge in [0.1, 0.15) is 0 Å². The van der Waals surface area contributed by atoms with E-state index in [9.17, 15) is 8.42 Å². The van der Waals surface area contributed by atoms with E-state index >= 15 is 0 Å². The summed E-state index contributed by atoms with van der Waals surface area (Å²) in [6.07, 6.45) is 12.1. The molecule has 0 atom stereocenters. The second-order valence-corrected chi connectivity index (χ2v) is 8.33. The Bertz CT molecular complexity index is 1000. The fourth-order valence-corrected chi connectivity index (χ4v) is 3.39. The van der Waals surface area contributed by atoms with Crippen molar-refractivity contribution in [3.05, 3.63) is 76.1 Å². The molecular weight excluding hydrogens is 356 g/mol. The number of allylic oxidation sites excluding steroid dienone is 5. The first kappa shape index (κ1) is 17.6. The fraction of sp³-hybridized carbons (Fsp3) is 0.158. The second kappa shape index (κ2) is 6.94. The van der Waals surface area contributed by atoms with Gasteiger partial charge in [0.2, 0.25) is 0 Å². The highest BCUT2D eigenvalue weighted by Gasteiger charge is 2.14. The number of aryl methyl sites for hydroxylation is 1. The zero-order valence-corrected chi connectivity index (χ0v) is 15.5. The number of nitrogens with zero attached hydrogens (tertiary/aromatic N) is 2. The molecule has 0 saturated heterocycles. The highest BCUT2D eigenvalue weighted by Crippen LogP contribution is 2.32. The summed E-state index contributed by atoms with van der Waals surface area (Å²) < 4.78 is 23.5. The van der Waals surface area contributed by atoms with Crippen LogP contribution in [0.1, 0.15) is 17.7 Å². The highest BCUT2D eigenvalue weighted by molar-refractivity contribution is 7.94. The van der Waals surface area contributed by atoms with Gasteiger partial charge in [-0.3, -0.25) is 9.97 Å². The maximum absolute atomic E-state index is 11.8. The second-order valence-electron chi connectivity index (χ2n) is 5.88. The van der Waals surface area contributed by atoms with E-state index in [-0.39, 0.29) is 4.91 Å². The lowest BCUT2D eigenvalue weighted by Gasteiger charge is -2.11. The van der Waals surface area contributed by atoms with Crippen molar-refractivity contribution in [2.24, 2.45) is 0 Å². The summed E-state index contributed by atoms with van der Waals surface area (Å²) in [5, 5.41) is 0.528. The van der Waals surface area contributed by atoms with Crippen LogP contribution in [0.3, 0.4) is 0 Å². The van der Waals surface area contributed by atoms with Crippen LogP contribution in [0.15, 0.2) is 59.8 Å². The Morgan fingerprint density at radius 3 is 2.60 bits per heavy atom. The Morgan fingerprint density at radius 2 is 1.92 bits per heavy atom. The van der Waals surface area contributed by atoms with E-state index in [1.54, 1.807) is 24.5 Å². The van der Waals surface area contributed by atoms with Crippen LogP contribution in [0.2, 0.25) is 5.02 Å². The topological polar surface area (TPSA) is 59.9 Å². The van der Waals surface area contributed by atoms with E-state index in [1.807, 2.05) is 37.3 Å². The van der Waals surface area contributed by atoms with Gasteiger partial charge >= 0.3 is 0 Å². The van der Waals surface area contributed by atoms with E-state index in [1.165, 1.54) is 6.26 Å². The molecule has 2 heterocycles. The van der Waals surface area contributed by atoms with E-state index in [0.29, 0.717) is 11.4 Å². The quantitative estimate of drug-likeness (QED) is 0.802. The first-order valence-electron chi connectivity index (χ1n) is 7.71. The predicted octanol–water partition coefficient (Wildman–Crippen LogP) is 4.38. The Kier molecular flexibility index (Phi) is 4.88. The first-order valence-corrected chi connectivity index (χ1v) is 9.98. The molecule has 0 spiro atoms. The Hall–Kier alpha value is -2.24. The van der Waals surface area contributed by atoms with E-state index in [4.69, 9.17) is 11.6 Å². The summed E-state index contributed by atoms with van der Waals surface area (Å²) in [6.45, 7) is 1.93. The van der Waals surface area contributed by atoms with Gasteiger partial charge in [-0.2, -0.15) is 0 Å². The number of aromatic nitrogens is 2. The smallest absolute Gasteiger partial charge is 0.175 e. The number of pyridine rings is 2. The third kappa shape index (κ3) is 4.06. The highest BCUT2D eigenvalue weighted by atomic mass is 35.5. The normalized spacial score (nSPS) is 14.7. The van der Waals surface area contributed by atoms with Gasteiger partial charge in [-0.15, -0.1) is 0 Å². The zero-order chi connectivity index (χ0) is 18.0. The predicted molar refractivity (Wildman–Crippen MR) is 102 cm³/mol. The molecule has 1 aliphatic rings. The minimum absolute atomic E-state index is 0.288.